The molecule has 0 spiro atoms. The first-order chi connectivity index (χ1) is 9.23. The number of aliphatic carboxylic acids is 1. The zero-order valence-corrected chi connectivity index (χ0v) is 12.1. The van der Waals surface area contributed by atoms with Crippen LogP contribution in [-0.4, -0.2) is 46.5 Å². The second-order valence-corrected chi connectivity index (χ2v) is 5.70. The number of amides is 3. The van der Waals surface area contributed by atoms with Gasteiger partial charge in [0.2, 0.25) is 5.91 Å². The third kappa shape index (κ3) is 3.85. The molecule has 1 heterocycles. The van der Waals surface area contributed by atoms with Crippen molar-refractivity contribution < 1.29 is 19.5 Å². The number of nitrogens with two attached hydrogens (primary N) is 1. The number of carboxylic acid groups (broad SMARTS) is 1. The van der Waals surface area contributed by atoms with Gasteiger partial charge in [-0.2, -0.15) is 0 Å². The second-order valence-electron chi connectivity index (χ2n) is 5.70. The van der Waals surface area contributed by atoms with Gasteiger partial charge in [0.15, 0.2) is 0 Å². The van der Waals surface area contributed by atoms with Crippen molar-refractivity contribution in [1.82, 2.24) is 10.2 Å². The first kappa shape index (κ1) is 16.3. The molecule has 0 aliphatic carbocycles. The molecule has 1 aliphatic rings. The van der Waals surface area contributed by atoms with Gasteiger partial charge in [-0.1, -0.05) is 13.8 Å². The summed E-state index contributed by atoms with van der Waals surface area (Å²) >= 11 is 0. The topological polar surface area (TPSA) is 113 Å². The van der Waals surface area contributed by atoms with E-state index in [-0.39, 0.29) is 17.9 Å². The van der Waals surface area contributed by atoms with Crippen LogP contribution in [0.1, 0.15) is 33.6 Å². The maximum Gasteiger partial charge on any atom is 0.312 e. The fourth-order valence-electron chi connectivity index (χ4n) is 2.65. The lowest BCUT2D eigenvalue weighted by atomic mass is 10.0. The molecule has 1 fully saturated rings. The molecular formula is C13H23N3O4. The van der Waals surface area contributed by atoms with Crippen LogP contribution in [0.2, 0.25) is 0 Å². The van der Waals surface area contributed by atoms with Crippen molar-refractivity contribution in [1.29, 1.82) is 0 Å². The molecule has 0 aromatic rings. The van der Waals surface area contributed by atoms with Crippen molar-refractivity contribution in [3.63, 3.8) is 0 Å². The van der Waals surface area contributed by atoms with E-state index < -0.39 is 24.0 Å². The van der Waals surface area contributed by atoms with Gasteiger partial charge in [0.05, 0.1) is 5.92 Å². The fraction of sp³-hybridized carbons (Fsp3) is 0.769. The zero-order valence-electron chi connectivity index (χ0n) is 12.1. The van der Waals surface area contributed by atoms with Gasteiger partial charge < -0.3 is 21.1 Å². The number of carbonyl (C=O) groups is 3. The minimum absolute atomic E-state index is 0.212. The summed E-state index contributed by atoms with van der Waals surface area (Å²) in [5.74, 6) is -1.49. The van der Waals surface area contributed by atoms with Crippen molar-refractivity contribution in [2.45, 2.75) is 45.7 Å². The maximum absolute atomic E-state index is 12.5. The second kappa shape index (κ2) is 6.58. The third-order valence-corrected chi connectivity index (χ3v) is 3.68. The molecule has 0 bridgehead atoms. The lowest BCUT2D eigenvalue weighted by Crippen LogP contribution is -2.52. The van der Waals surface area contributed by atoms with Crippen molar-refractivity contribution in [2.24, 2.45) is 17.6 Å². The summed E-state index contributed by atoms with van der Waals surface area (Å²) in [5.41, 5.74) is 5.10. The lowest BCUT2D eigenvalue weighted by molar-refractivity contribution is -0.143. The van der Waals surface area contributed by atoms with E-state index in [0.29, 0.717) is 19.4 Å². The van der Waals surface area contributed by atoms with Gasteiger partial charge in [-0.15, -0.1) is 0 Å². The first-order valence-corrected chi connectivity index (χ1v) is 6.83. The quantitative estimate of drug-likeness (QED) is 0.678. The SMILES string of the molecule is CC(C)CC(NC(N)=O)C(=O)N1CCC(C(=O)O)C1C. The van der Waals surface area contributed by atoms with Gasteiger partial charge in [0.25, 0.3) is 0 Å². The number of nitrogens with one attached hydrogen (secondary N) is 1. The van der Waals surface area contributed by atoms with Crippen LogP contribution >= 0.6 is 0 Å². The summed E-state index contributed by atoms with van der Waals surface area (Å²) in [6, 6.07) is -1.81. The van der Waals surface area contributed by atoms with E-state index in [2.05, 4.69) is 5.32 Å². The molecule has 1 saturated heterocycles. The van der Waals surface area contributed by atoms with E-state index in [1.165, 1.54) is 4.90 Å². The minimum Gasteiger partial charge on any atom is -0.481 e. The number of carbonyl (C=O) groups excluding carboxylic acids is 2. The van der Waals surface area contributed by atoms with Crippen LogP contribution in [0.25, 0.3) is 0 Å². The summed E-state index contributed by atoms with van der Waals surface area (Å²) in [4.78, 5) is 36.1. The van der Waals surface area contributed by atoms with Crippen molar-refractivity contribution in [2.75, 3.05) is 6.54 Å². The average molecular weight is 285 g/mol. The number of carboxylic acids is 1. The number of rotatable bonds is 5. The Balaban J connectivity index is 2.79. The molecule has 7 nitrogen and oxygen atoms in total. The van der Waals surface area contributed by atoms with Crippen molar-refractivity contribution in [3.05, 3.63) is 0 Å². The van der Waals surface area contributed by atoms with Gasteiger partial charge in [0, 0.05) is 12.6 Å². The van der Waals surface area contributed by atoms with E-state index >= 15 is 0 Å². The van der Waals surface area contributed by atoms with Crippen molar-refractivity contribution >= 4 is 17.9 Å². The number of likely N-dealkylation sites (tertiary alicyclic amines) is 1. The summed E-state index contributed by atoms with van der Waals surface area (Å²) in [7, 11) is 0. The molecule has 7 heteroatoms. The van der Waals surface area contributed by atoms with Gasteiger partial charge >= 0.3 is 12.0 Å². The number of primary amides is 1. The molecule has 0 radical (unpaired) electrons. The zero-order chi connectivity index (χ0) is 15.4. The van der Waals surface area contributed by atoms with Crippen LogP contribution in [0.3, 0.4) is 0 Å². The molecule has 4 N–H and O–H groups in total. The van der Waals surface area contributed by atoms with E-state index in [1.807, 2.05) is 13.8 Å². The summed E-state index contributed by atoms with van der Waals surface area (Å²) in [6.45, 7) is 6.00. The molecule has 3 atom stereocenters. The van der Waals surface area contributed by atoms with Crippen LogP contribution in [0.5, 0.6) is 0 Å². The van der Waals surface area contributed by atoms with Crippen LogP contribution in [0.4, 0.5) is 4.79 Å². The van der Waals surface area contributed by atoms with E-state index in [4.69, 9.17) is 10.8 Å². The molecule has 0 saturated carbocycles. The number of hydrogen-bond donors (Lipinski definition) is 3. The number of nitrogens with zero attached hydrogens (tertiary/aromatic N) is 1. The molecule has 0 aromatic carbocycles. The molecule has 0 aromatic heterocycles. The highest BCUT2D eigenvalue weighted by molar-refractivity contribution is 5.87. The summed E-state index contributed by atoms with van der Waals surface area (Å²) in [5, 5.41) is 11.5. The van der Waals surface area contributed by atoms with Gasteiger partial charge in [-0.25, -0.2) is 4.79 Å². The standard InChI is InChI=1S/C13H23N3O4/c1-7(2)6-10(15-13(14)20)11(17)16-5-4-9(8(16)3)12(18)19/h7-10H,4-6H2,1-3H3,(H,18,19)(H3,14,15,20). The average Bonchev–Trinajstić information content (AvgIpc) is 2.68. The fourth-order valence-corrected chi connectivity index (χ4v) is 2.65. The Hall–Kier alpha value is -1.79. The summed E-state index contributed by atoms with van der Waals surface area (Å²) in [6.07, 6.45) is 0.913. The highest BCUT2D eigenvalue weighted by Crippen LogP contribution is 2.25. The molecular weight excluding hydrogens is 262 g/mol. The monoisotopic (exact) mass is 285 g/mol. The van der Waals surface area contributed by atoms with Gasteiger partial charge in [-0.3, -0.25) is 9.59 Å². The van der Waals surface area contributed by atoms with Crippen LogP contribution in [0.15, 0.2) is 0 Å². The number of hydrogen-bond acceptors (Lipinski definition) is 3. The minimum atomic E-state index is -0.893. The predicted molar refractivity (Wildman–Crippen MR) is 72.9 cm³/mol. The van der Waals surface area contributed by atoms with Crippen LogP contribution in [0, 0.1) is 11.8 Å². The van der Waals surface area contributed by atoms with E-state index in [9.17, 15) is 14.4 Å². The highest BCUT2D eigenvalue weighted by atomic mass is 16.4. The largest absolute Gasteiger partial charge is 0.481 e. The highest BCUT2D eigenvalue weighted by Gasteiger charge is 2.40. The molecule has 1 aliphatic heterocycles. The summed E-state index contributed by atoms with van der Waals surface area (Å²) < 4.78 is 0. The smallest absolute Gasteiger partial charge is 0.312 e. The Morgan fingerprint density at radius 1 is 1.40 bits per heavy atom. The van der Waals surface area contributed by atoms with E-state index in [1.54, 1.807) is 6.92 Å². The van der Waals surface area contributed by atoms with Crippen molar-refractivity contribution in [3.8, 4) is 0 Å². The van der Waals surface area contributed by atoms with E-state index in [0.717, 1.165) is 0 Å². The molecule has 1 rings (SSSR count). The molecule has 20 heavy (non-hydrogen) atoms. The number of urea groups is 1. The Morgan fingerprint density at radius 3 is 2.40 bits per heavy atom. The Labute approximate surface area is 118 Å². The Kier molecular flexibility index (Phi) is 5.35. The van der Waals surface area contributed by atoms with Gasteiger partial charge in [0.1, 0.15) is 6.04 Å². The lowest BCUT2D eigenvalue weighted by Gasteiger charge is -2.28. The third-order valence-electron chi connectivity index (χ3n) is 3.68. The molecule has 3 unspecified atom stereocenters. The Morgan fingerprint density at radius 2 is 2.00 bits per heavy atom. The first-order valence-electron chi connectivity index (χ1n) is 6.83. The Bertz CT molecular complexity index is 397. The molecule has 114 valence electrons. The van der Waals surface area contributed by atoms with Gasteiger partial charge in [-0.05, 0) is 25.7 Å². The predicted octanol–water partition coefficient (Wildman–Crippen LogP) is 0.391. The maximum atomic E-state index is 12.5. The molecule has 3 amide bonds. The normalized spacial score (nSPS) is 23.7. The van der Waals surface area contributed by atoms with Crippen LogP contribution in [-0.2, 0) is 9.59 Å². The van der Waals surface area contributed by atoms with Crippen LogP contribution < -0.4 is 11.1 Å².